The SMILES string of the molecule is COCCC(=O)c1cc(OC)c(O)c(OC)c1. The van der Waals surface area contributed by atoms with E-state index < -0.39 is 0 Å². The summed E-state index contributed by atoms with van der Waals surface area (Å²) in [6.45, 7) is 0.352. The van der Waals surface area contributed by atoms with Gasteiger partial charge in [0.25, 0.3) is 0 Å². The van der Waals surface area contributed by atoms with Gasteiger partial charge in [0.05, 0.1) is 20.8 Å². The largest absolute Gasteiger partial charge is 0.502 e. The zero-order valence-electron chi connectivity index (χ0n) is 10.1. The van der Waals surface area contributed by atoms with Crippen LogP contribution in [-0.4, -0.2) is 38.8 Å². The average molecular weight is 240 g/mol. The molecule has 0 atom stereocenters. The van der Waals surface area contributed by atoms with Crippen LogP contribution in [0, 0.1) is 0 Å². The van der Waals surface area contributed by atoms with Gasteiger partial charge in [-0.25, -0.2) is 0 Å². The summed E-state index contributed by atoms with van der Waals surface area (Å²) in [4.78, 5) is 11.8. The Kier molecular flexibility index (Phi) is 4.78. The standard InChI is InChI=1S/C12H16O5/c1-15-5-4-9(13)8-6-10(16-2)12(14)11(7-8)17-3/h6-7,14H,4-5H2,1-3H3. The van der Waals surface area contributed by atoms with Crippen molar-refractivity contribution in [3.05, 3.63) is 17.7 Å². The number of carbonyl (C=O) groups is 1. The van der Waals surface area contributed by atoms with Crippen molar-refractivity contribution in [3.8, 4) is 17.2 Å². The summed E-state index contributed by atoms with van der Waals surface area (Å²) >= 11 is 0. The number of aromatic hydroxyl groups is 1. The first-order chi connectivity index (χ1) is 8.13. The number of phenolic OH excluding ortho intramolecular Hbond substituents is 1. The maximum Gasteiger partial charge on any atom is 0.200 e. The quantitative estimate of drug-likeness (QED) is 0.765. The highest BCUT2D eigenvalue weighted by Crippen LogP contribution is 2.37. The number of ether oxygens (including phenoxy) is 3. The topological polar surface area (TPSA) is 65.0 Å². The molecular weight excluding hydrogens is 224 g/mol. The fraction of sp³-hybridized carbons (Fsp3) is 0.417. The Balaban J connectivity index is 3.04. The van der Waals surface area contributed by atoms with Crippen LogP contribution in [0.2, 0.25) is 0 Å². The molecule has 0 radical (unpaired) electrons. The van der Waals surface area contributed by atoms with Crippen LogP contribution < -0.4 is 9.47 Å². The molecule has 0 heterocycles. The molecule has 5 nitrogen and oxygen atoms in total. The number of methoxy groups -OCH3 is 3. The predicted molar refractivity (Wildman–Crippen MR) is 62.0 cm³/mol. The van der Waals surface area contributed by atoms with Crippen LogP contribution in [0.5, 0.6) is 17.2 Å². The Labute approximate surface area is 99.9 Å². The first-order valence-corrected chi connectivity index (χ1v) is 5.11. The average Bonchev–Trinajstić information content (AvgIpc) is 2.36. The van der Waals surface area contributed by atoms with Crippen LogP contribution in [0.15, 0.2) is 12.1 Å². The third-order valence-electron chi connectivity index (χ3n) is 2.34. The fourth-order valence-corrected chi connectivity index (χ4v) is 1.39. The Morgan fingerprint density at radius 2 is 1.71 bits per heavy atom. The molecule has 0 aliphatic rings. The van der Waals surface area contributed by atoms with Gasteiger partial charge in [0, 0.05) is 19.1 Å². The maximum absolute atomic E-state index is 11.8. The highest BCUT2D eigenvalue weighted by atomic mass is 16.5. The molecule has 17 heavy (non-hydrogen) atoms. The van der Waals surface area contributed by atoms with E-state index in [1.54, 1.807) is 0 Å². The Hall–Kier alpha value is -1.75. The van der Waals surface area contributed by atoms with Gasteiger partial charge in [-0.3, -0.25) is 4.79 Å². The molecule has 0 unspecified atom stereocenters. The summed E-state index contributed by atoms with van der Waals surface area (Å²) in [5.74, 6) is 0.219. The molecule has 0 saturated carbocycles. The van der Waals surface area contributed by atoms with Crippen molar-refractivity contribution in [2.45, 2.75) is 6.42 Å². The molecule has 1 aromatic rings. The van der Waals surface area contributed by atoms with E-state index in [0.717, 1.165) is 0 Å². The zero-order chi connectivity index (χ0) is 12.8. The maximum atomic E-state index is 11.8. The van der Waals surface area contributed by atoms with Gasteiger partial charge in [0.15, 0.2) is 17.3 Å². The summed E-state index contributed by atoms with van der Waals surface area (Å²) in [6.07, 6.45) is 0.271. The highest BCUT2D eigenvalue weighted by Gasteiger charge is 2.15. The first kappa shape index (κ1) is 13.3. The molecule has 1 aromatic carbocycles. The van der Waals surface area contributed by atoms with E-state index in [1.807, 2.05) is 0 Å². The van der Waals surface area contributed by atoms with Crippen LogP contribution in [0.25, 0.3) is 0 Å². The van der Waals surface area contributed by atoms with E-state index >= 15 is 0 Å². The number of phenols is 1. The molecule has 1 N–H and O–H groups in total. The molecule has 0 spiro atoms. The van der Waals surface area contributed by atoms with Gasteiger partial charge in [-0.05, 0) is 12.1 Å². The van der Waals surface area contributed by atoms with Crippen molar-refractivity contribution in [3.63, 3.8) is 0 Å². The summed E-state index contributed by atoms with van der Waals surface area (Å²) < 4.78 is 14.8. The van der Waals surface area contributed by atoms with E-state index in [-0.39, 0.29) is 29.5 Å². The minimum atomic E-state index is -0.113. The van der Waals surface area contributed by atoms with E-state index in [2.05, 4.69) is 0 Å². The van der Waals surface area contributed by atoms with Crippen molar-refractivity contribution in [2.75, 3.05) is 27.9 Å². The zero-order valence-corrected chi connectivity index (χ0v) is 10.1. The summed E-state index contributed by atoms with van der Waals surface area (Å²) in [6, 6.07) is 2.96. The molecule has 0 aliphatic heterocycles. The van der Waals surface area contributed by atoms with Crippen molar-refractivity contribution >= 4 is 5.78 Å². The minimum absolute atomic E-state index is 0.0940. The molecule has 5 heteroatoms. The molecule has 0 amide bonds. The van der Waals surface area contributed by atoms with Crippen LogP contribution in [-0.2, 0) is 4.74 Å². The van der Waals surface area contributed by atoms with Crippen LogP contribution in [0.4, 0.5) is 0 Å². The molecule has 0 aliphatic carbocycles. The van der Waals surface area contributed by atoms with Gasteiger partial charge in [-0.2, -0.15) is 0 Å². The van der Waals surface area contributed by atoms with Crippen molar-refractivity contribution in [1.82, 2.24) is 0 Å². The van der Waals surface area contributed by atoms with Crippen molar-refractivity contribution in [1.29, 1.82) is 0 Å². The van der Waals surface area contributed by atoms with Crippen molar-refractivity contribution < 1.29 is 24.1 Å². The Morgan fingerprint density at radius 3 is 2.12 bits per heavy atom. The lowest BCUT2D eigenvalue weighted by Gasteiger charge is -2.10. The molecule has 94 valence electrons. The Bertz CT molecular complexity index is 375. The number of rotatable bonds is 6. The monoisotopic (exact) mass is 240 g/mol. The number of hydrogen-bond donors (Lipinski definition) is 1. The second kappa shape index (κ2) is 6.10. The van der Waals surface area contributed by atoms with Gasteiger partial charge >= 0.3 is 0 Å². The molecular formula is C12H16O5. The predicted octanol–water partition coefficient (Wildman–Crippen LogP) is 1.63. The lowest BCUT2D eigenvalue weighted by molar-refractivity contribution is 0.0931. The summed E-state index contributed by atoms with van der Waals surface area (Å²) in [5.41, 5.74) is 0.425. The van der Waals surface area contributed by atoms with Crippen molar-refractivity contribution in [2.24, 2.45) is 0 Å². The van der Waals surface area contributed by atoms with Gasteiger partial charge in [-0.1, -0.05) is 0 Å². The molecule has 0 bridgehead atoms. The van der Waals surface area contributed by atoms with Gasteiger partial charge in [0.2, 0.25) is 5.75 Å². The lowest BCUT2D eigenvalue weighted by atomic mass is 10.1. The molecule has 1 rings (SSSR count). The smallest absolute Gasteiger partial charge is 0.200 e. The first-order valence-electron chi connectivity index (χ1n) is 5.11. The summed E-state index contributed by atoms with van der Waals surface area (Å²) in [7, 11) is 4.36. The number of carbonyl (C=O) groups excluding carboxylic acids is 1. The lowest BCUT2D eigenvalue weighted by Crippen LogP contribution is -2.04. The number of benzene rings is 1. The van der Waals surface area contributed by atoms with Crippen LogP contribution in [0.1, 0.15) is 16.8 Å². The number of ketones is 1. The number of hydrogen-bond acceptors (Lipinski definition) is 5. The summed E-state index contributed by atoms with van der Waals surface area (Å²) in [5, 5.41) is 9.69. The molecule has 0 saturated heterocycles. The second-order valence-electron chi connectivity index (χ2n) is 3.40. The normalized spacial score (nSPS) is 10.1. The second-order valence-corrected chi connectivity index (χ2v) is 3.40. The minimum Gasteiger partial charge on any atom is -0.502 e. The third kappa shape index (κ3) is 3.10. The fourth-order valence-electron chi connectivity index (χ4n) is 1.39. The highest BCUT2D eigenvalue weighted by molar-refractivity contribution is 5.97. The van der Waals surface area contributed by atoms with E-state index in [1.165, 1.54) is 33.5 Å². The van der Waals surface area contributed by atoms with Gasteiger partial charge in [0.1, 0.15) is 0 Å². The van der Waals surface area contributed by atoms with Gasteiger partial charge in [-0.15, -0.1) is 0 Å². The van der Waals surface area contributed by atoms with Crippen LogP contribution >= 0.6 is 0 Å². The van der Waals surface area contributed by atoms with Gasteiger partial charge < -0.3 is 19.3 Å². The van der Waals surface area contributed by atoms with E-state index in [9.17, 15) is 9.90 Å². The Morgan fingerprint density at radius 1 is 1.18 bits per heavy atom. The van der Waals surface area contributed by atoms with Crippen LogP contribution in [0.3, 0.4) is 0 Å². The molecule has 0 aromatic heterocycles. The van der Waals surface area contributed by atoms with E-state index in [0.29, 0.717) is 12.2 Å². The van der Waals surface area contributed by atoms with E-state index in [4.69, 9.17) is 14.2 Å². The number of Topliss-reactive ketones (excluding diaryl/α,β-unsaturated/α-hetero) is 1. The third-order valence-corrected chi connectivity index (χ3v) is 2.34. The molecule has 0 fully saturated rings.